The molecule has 0 bridgehead atoms. The first-order valence-electron chi connectivity index (χ1n) is 5.36. The van der Waals surface area contributed by atoms with Crippen LogP contribution in [0.5, 0.6) is 0 Å². The number of ether oxygens (including phenoxy) is 1. The van der Waals surface area contributed by atoms with Gasteiger partial charge in [0.1, 0.15) is 0 Å². The van der Waals surface area contributed by atoms with Crippen molar-refractivity contribution in [2.45, 2.75) is 12.8 Å². The predicted molar refractivity (Wildman–Crippen MR) is 56.8 cm³/mol. The fourth-order valence-electron chi connectivity index (χ4n) is 1.88. The zero-order chi connectivity index (χ0) is 12.0. The van der Waals surface area contributed by atoms with Crippen LogP contribution in [0.1, 0.15) is 12.8 Å². The standard InChI is InChI=1S/C10H18N2O4/c1-16-10(15)11-9(14)7-12-4-2-8(6-12)3-5-13/h8,13H,2-7H2,1H3,(H,11,14,15). The highest BCUT2D eigenvalue weighted by atomic mass is 16.5. The van der Waals surface area contributed by atoms with E-state index in [0.29, 0.717) is 5.92 Å². The topological polar surface area (TPSA) is 78.9 Å². The molecule has 2 N–H and O–H groups in total. The molecule has 6 heteroatoms. The molecular weight excluding hydrogens is 212 g/mol. The maximum atomic E-state index is 11.3. The van der Waals surface area contributed by atoms with E-state index in [1.54, 1.807) is 0 Å². The lowest BCUT2D eigenvalue weighted by atomic mass is 10.1. The van der Waals surface area contributed by atoms with Crippen molar-refractivity contribution in [3.05, 3.63) is 0 Å². The van der Waals surface area contributed by atoms with Crippen LogP contribution in [0.2, 0.25) is 0 Å². The Morgan fingerprint density at radius 3 is 2.94 bits per heavy atom. The summed E-state index contributed by atoms with van der Waals surface area (Å²) in [6.45, 7) is 2.03. The third-order valence-electron chi connectivity index (χ3n) is 2.70. The summed E-state index contributed by atoms with van der Waals surface area (Å²) in [7, 11) is 1.22. The molecule has 0 saturated carbocycles. The van der Waals surface area contributed by atoms with Crippen molar-refractivity contribution in [1.82, 2.24) is 10.2 Å². The minimum absolute atomic E-state index is 0.187. The molecule has 0 aromatic rings. The zero-order valence-electron chi connectivity index (χ0n) is 9.44. The number of rotatable bonds is 4. The van der Waals surface area contributed by atoms with Gasteiger partial charge in [-0.2, -0.15) is 0 Å². The van der Waals surface area contributed by atoms with E-state index < -0.39 is 6.09 Å². The smallest absolute Gasteiger partial charge is 0.413 e. The van der Waals surface area contributed by atoms with Gasteiger partial charge in [0.05, 0.1) is 13.7 Å². The van der Waals surface area contributed by atoms with Crippen molar-refractivity contribution in [2.24, 2.45) is 5.92 Å². The SMILES string of the molecule is COC(=O)NC(=O)CN1CCC(CCO)C1. The van der Waals surface area contributed by atoms with Gasteiger partial charge < -0.3 is 9.84 Å². The first-order chi connectivity index (χ1) is 7.65. The molecule has 1 unspecified atom stereocenters. The number of aliphatic hydroxyl groups excluding tert-OH is 1. The molecule has 1 aliphatic rings. The quantitative estimate of drug-likeness (QED) is 0.685. The summed E-state index contributed by atoms with van der Waals surface area (Å²) < 4.78 is 4.32. The Morgan fingerprint density at radius 1 is 1.56 bits per heavy atom. The lowest BCUT2D eigenvalue weighted by molar-refractivity contribution is -0.121. The van der Waals surface area contributed by atoms with Crippen LogP contribution < -0.4 is 5.32 Å². The molecule has 1 fully saturated rings. The lowest BCUT2D eigenvalue weighted by Gasteiger charge is -2.14. The maximum absolute atomic E-state index is 11.3. The van der Waals surface area contributed by atoms with Crippen LogP contribution >= 0.6 is 0 Å². The second kappa shape index (κ2) is 6.44. The molecule has 6 nitrogen and oxygen atoms in total. The molecule has 0 aliphatic carbocycles. The fraction of sp³-hybridized carbons (Fsp3) is 0.800. The minimum Gasteiger partial charge on any atom is -0.453 e. The minimum atomic E-state index is -0.726. The third-order valence-corrected chi connectivity index (χ3v) is 2.70. The van der Waals surface area contributed by atoms with Gasteiger partial charge in [-0.3, -0.25) is 15.0 Å². The van der Waals surface area contributed by atoms with E-state index in [0.717, 1.165) is 25.9 Å². The Labute approximate surface area is 94.6 Å². The number of nitrogens with one attached hydrogen (secondary N) is 1. The summed E-state index contributed by atoms with van der Waals surface area (Å²) in [6, 6.07) is 0. The van der Waals surface area contributed by atoms with Gasteiger partial charge in [-0.1, -0.05) is 0 Å². The number of methoxy groups -OCH3 is 1. The van der Waals surface area contributed by atoms with Crippen molar-refractivity contribution in [1.29, 1.82) is 0 Å². The van der Waals surface area contributed by atoms with Crippen LogP contribution in [0.25, 0.3) is 0 Å². The molecule has 92 valence electrons. The van der Waals surface area contributed by atoms with Gasteiger partial charge in [-0.25, -0.2) is 4.79 Å². The molecule has 2 amide bonds. The van der Waals surface area contributed by atoms with E-state index >= 15 is 0 Å². The van der Waals surface area contributed by atoms with Gasteiger partial charge in [-0.05, 0) is 25.3 Å². The van der Waals surface area contributed by atoms with Gasteiger partial charge >= 0.3 is 6.09 Å². The van der Waals surface area contributed by atoms with Gasteiger partial charge in [0.15, 0.2) is 0 Å². The molecule has 1 aliphatic heterocycles. The molecule has 16 heavy (non-hydrogen) atoms. The maximum Gasteiger partial charge on any atom is 0.413 e. The number of imide groups is 1. The fourth-order valence-corrected chi connectivity index (χ4v) is 1.88. The van der Waals surface area contributed by atoms with Crippen LogP contribution in [-0.4, -0.2) is 55.4 Å². The molecule has 1 rings (SSSR count). The molecule has 1 heterocycles. The normalized spacial score (nSPS) is 20.8. The predicted octanol–water partition coefficient (Wildman–Crippen LogP) is -0.427. The van der Waals surface area contributed by atoms with Crippen molar-refractivity contribution in [2.75, 3.05) is 33.4 Å². The van der Waals surface area contributed by atoms with E-state index in [-0.39, 0.29) is 19.1 Å². The van der Waals surface area contributed by atoms with Crippen molar-refractivity contribution in [3.63, 3.8) is 0 Å². The number of hydrogen-bond acceptors (Lipinski definition) is 5. The number of amides is 2. The first-order valence-corrected chi connectivity index (χ1v) is 5.36. The van der Waals surface area contributed by atoms with E-state index in [4.69, 9.17) is 5.11 Å². The van der Waals surface area contributed by atoms with E-state index in [1.807, 2.05) is 4.90 Å². The van der Waals surface area contributed by atoms with E-state index in [9.17, 15) is 9.59 Å². The number of carbonyl (C=O) groups excluding carboxylic acids is 2. The zero-order valence-corrected chi connectivity index (χ0v) is 9.44. The number of nitrogens with zero attached hydrogens (tertiary/aromatic N) is 1. The van der Waals surface area contributed by atoms with Crippen LogP contribution in [0.4, 0.5) is 4.79 Å². The Balaban J connectivity index is 2.23. The van der Waals surface area contributed by atoms with E-state index in [1.165, 1.54) is 7.11 Å². The summed E-state index contributed by atoms with van der Waals surface area (Å²) >= 11 is 0. The van der Waals surface area contributed by atoms with Crippen LogP contribution in [0.15, 0.2) is 0 Å². The largest absolute Gasteiger partial charge is 0.453 e. The average molecular weight is 230 g/mol. The number of aliphatic hydroxyl groups is 1. The summed E-state index contributed by atoms with van der Waals surface area (Å²) in [6.07, 6.45) is 1.04. The number of carbonyl (C=O) groups is 2. The summed E-state index contributed by atoms with van der Waals surface area (Å²) in [5.41, 5.74) is 0. The summed E-state index contributed by atoms with van der Waals surface area (Å²) in [5, 5.41) is 10.9. The Hall–Kier alpha value is -1.14. The molecule has 0 aromatic carbocycles. The monoisotopic (exact) mass is 230 g/mol. The highest BCUT2D eigenvalue weighted by Crippen LogP contribution is 2.18. The molecule has 1 saturated heterocycles. The molecular formula is C10H18N2O4. The first kappa shape index (κ1) is 12.9. The number of hydrogen-bond donors (Lipinski definition) is 2. The average Bonchev–Trinajstić information content (AvgIpc) is 2.65. The Morgan fingerprint density at radius 2 is 2.31 bits per heavy atom. The van der Waals surface area contributed by atoms with Crippen LogP contribution in [-0.2, 0) is 9.53 Å². The van der Waals surface area contributed by atoms with Crippen molar-refractivity contribution < 1.29 is 19.4 Å². The highest BCUT2D eigenvalue weighted by molar-refractivity contribution is 5.92. The van der Waals surface area contributed by atoms with Gasteiger partial charge in [0.2, 0.25) is 5.91 Å². The van der Waals surface area contributed by atoms with Gasteiger partial charge in [-0.15, -0.1) is 0 Å². The highest BCUT2D eigenvalue weighted by Gasteiger charge is 2.23. The molecule has 0 radical (unpaired) electrons. The van der Waals surface area contributed by atoms with Crippen LogP contribution in [0, 0.1) is 5.92 Å². The van der Waals surface area contributed by atoms with E-state index in [2.05, 4.69) is 10.1 Å². The second-order valence-corrected chi connectivity index (χ2v) is 3.94. The summed E-state index contributed by atoms with van der Waals surface area (Å²) in [5.74, 6) is 0.104. The van der Waals surface area contributed by atoms with Crippen LogP contribution in [0.3, 0.4) is 0 Å². The summed E-state index contributed by atoms with van der Waals surface area (Å²) in [4.78, 5) is 24.1. The van der Waals surface area contributed by atoms with Crippen molar-refractivity contribution in [3.8, 4) is 0 Å². The molecule has 1 atom stereocenters. The second-order valence-electron chi connectivity index (χ2n) is 3.94. The molecule has 0 spiro atoms. The Bertz CT molecular complexity index is 257. The van der Waals surface area contributed by atoms with Crippen molar-refractivity contribution >= 4 is 12.0 Å². The van der Waals surface area contributed by atoms with Gasteiger partial charge in [0, 0.05) is 13.2 Å². The molecule has 0 aromatic heterocycles. The lowest BCUT2D eigenvalue weighted by Crippen LogP contribution is -2.39. The number of likely N-dealkylation sites (tertiary alicyclic amines) is 1. The third kappa shape index (κ3) is 4.16. The van der Waals surface area contributed by atoms with Gasteiger partial charge in [0.25, 0.3) is 0 Å². The number of alkyl carbamates (subject to hydrolysis) is 1. The Kier molecular flexibility index (Phi) is 5.21.